The topological polar surface area (TPSA) is 35.2 Å². The fraction of sp³-hybridized carbons (Fsp3) is 0.294. The molecule has 0 heterocycles. The SMILES string of the molecule is CC(C)Oc1ccccc1C(N)Cc1ccc(Cl)cc1. The van der Waals surface area contributed by atoms with Gasteiger partial charge in [-0.25, -0.2) is 0 Å². The van der Waals surface area contributed by atoms with Crippen molar-refractivity contribution >= 4 is 11.6 Å². The van der Waals surface area contributed by atoms with Crippen molar-refractivity contribution in [2.75, 3.05) is 0 Å². The van der Waals surface area contributed by atoms with Gasteiger partial charge in [0.25, 0.3) is 0 Å². The third kappa shape index (κ3) is 3.99. The Bertz CT molecular complexity index is 551. The zero-order valence-electron chi connectivity index (χ0n) is 11.8. The Morgan fingerprint density at radius 2 is 1.70 bits per heavy atom. The molecule has 1 atom stereocenters. The quantitative estimate of drug-likeness (QED) is 0.887. The largest absolute Gasteiger partial charge is 0.491 e. The van der Waals surface area contributed by atoms with E-state index in [1.165, 1.54) is 5.56 Å². The molecule has 0 aliphatic rings. The van der Waals surface area contributed by atoms with Crippen molar-refractivity contribution in [3.8, 4) is 5.75 Å². The lowest BCUT2D eigenvalue weighted by Crippen LogP contribution is -2.16. The summed E-state index contributed by atoms with van der Waals surface area (Å²) in [6.45, 7) is 4.03. The summed E-state index contributed by atoms with van der Waals surface area (Å²) < 4.78 is 5.82. The molecule has 0 aliphatic carbocycles. The summed E-state index contributed by atoms with van der Waals surface area (Å²) in [6, 6.07) is 15.7. The summed E-state index contributed by atoms with van der Waals surface area (Å²) in [4.78, 5) is 0. The smallest absolute Gasteiger partial charge is 0.124 e. The standard InChI is InChI=1S/C17H20ClNO/c1-12(2)20-17-6-4-3-5-15(17)16(19)11-13-7-9-14(18)10-8-13/h3-10,12,16H,11,19H2,1-2H3. The molecule has 2 rings (SSSR count). The number of ether oxygens (including phenoxy) is 1. The van der Waals surface area contributed by atoms with Gasteiger partial charge >= 0.3 is 0 Å². The maximum absolute atomic E-state index is 6.33. The minimum absolute atomic E-state index is 0.0916. The molecule has 3 heteroatoms. The predicted molar refractivity (Wildman–Crippen MR) is 84.3 cm³/mol. The van der Waals surface area contributed by atoms with Crippen LogP contribution in [0.5, 0.6) is 5.75 Å². The van der Waals surface area contributed by atoms with Crippen molar-refractivity contribution in [2.45, 2.75) is 32.4 Å². The first-order chi connectivity index (χ1) is 9.56. The highest BCUT2D eigenvalue weighted by atomic mass is 35.5. The van der Waals surface area contributed by atoms with Gasteiger partial charge in [-0.05, 0) is 44.0 Å². The van der Waals surface area contributed by atoms with Crippen LogP contribution in [0.15, 0.2) is 48.5 Å². The van der Waals surface area contributed by atoms with Crippen molar-refractivity contribution in [1.82, 2.24) is 0 Å². The van der Waals surface area contributed by atoms with Crippen LogP contribution in [0.2, 0.25) is 5.02 Å². The lowest BCUT2D eigenvalue weighted by Gasteiger charge is -2.18. The van der Waals surface area contributed by atoms with Crippen molar-refractivity contribution in [3.05, 3.63) is 64.7 Å². The Hall–Kier alpha value is -1.51. The van der Waals surface area contributed by atoms with Gasteiger partial charge in [-0.3, -0.25) is 0 Å². The van der Waals surface area contributed by atoms with Crippen LogP contribution in [-0.4, -0.2) is 6.10 Å². The van der Waals surface area contributed by atoms with E-state index in [2.05, 4.69) is 0 Å². The molecule has 0 amide bonds. The Morgan fingerprint density at radius 3 is 2.35 bits per heavy atom. The third-order valence-corrected chi connectivity index (χ3v) is 3.30. The fourth-order valence-electron chi connectivity index (χ4n) is 2.13. The lowest BCUT2D eigenvalue weighted by atomic mass is 9.99. The zero-order chi connectivity index (χ0) is 14.5. The van der Waals surface area contributed by atoms with Crippen LogP contribution in [-0.2, 0) is 6.42 Å². The van der Waals surface area contributed by atoms with E-state index in [0.29, 0.717) is 0 Å². The molecule has 2 aromatic rings. The second kappa shape index (κ2) is 6.78. The van der Waals surface area contributed by atoms with Crippen molar-refractivity contribution in [3.63, 3.8) is 0 Å². The van der Waals surface area contributed by atoms with Gasteiger partial charge < -0.3 is 10.5 Å². The molecular formula is C17H20ClNO. The average molecular weight is 290 g/mol. The molecule has 20 heavy (non-hydrogen) atoms. The molecule has 106 valence electrons. The molecule has 0 radical (unpaired) electrons. The lowest BCUT2D eigenvalue weighted by molar-refractivity contribution is 0.238. The Labute approximate surface area is 125 Å². The first-order valence-corrected chi connectivity index (χ1v) is 7.19. The number of para-hydroxylation sites is 1. The average Bonchev–Trinajstić information content (AvgIpc) is 2.41. The second-order valence-electron chi connectivity index (χ2n) is 5.14. The van der Waals surface area contributed by atoms with E-state index in [-0.39, 0.29) is 12.1 Å². The summed E-state index contributed by atoms with van der Waals surface area (Å²) in [5.41, 5.74) is 8.53. The molecule has 1 unspecified atom stereocenters. The number of nitrogens with two attached hydrogens (primary N) is 1. The van der Waals surface area contributed by atoms with E-state index in [1.54, 1.807) is 0 Å². The number of hydrogen-bond donors (Lipinski definition) is 1. The van der Waals surface area contributed by atoms with Crippen molar-refractivity contribution in [1.29, 1.82) is 0 Å². The minimum Gasteiger partial charge on any atom is -0.491 e. The van der Waals surface area contributed by atoms with Crippen molar-refractivity contribution in [2.24, 2.45) is 5.73 Å². The van der Waals surface area contributed by atoms with E-state index in [9.17, 15) is 0 Å². The molecular weight excluding hydrogens is 270 g/mol. The van der Waals surface area contributed by atoms with Gasteiger partial charge in [0.15, 0.2) is 0 Å². The number of hydrogen-bond acceptors (Lipinski definition) is 2. The summed E-state index contributed by atoms with van der Waals surface area (Å²) in [5, 5.41) is 0.742. The Balaban J connectivity index is 2.16. The minimum atomic E-state index is -0.0916. The highest BCUT2D eigenvalue weighted by molar-refractivity contribution is 6.30. The molecule has 2 aromatic carbocycles. The van der Waals surface area contributed by atoms with Crippen LogP contribution in [0, 0.1) is 0 Å². The predicted octanol–water partition coefficient (Wildman–Crippen LogP) is 4.37. The Kier molecular flexibility index (Phi) is 5.05. The van der Waals surface area contributed by atoms with E-state index >= 15 is 0 Å². The number of rotatable bonds is 5. The first kappa shape index (κ1) is 14.9. The second-order valence-corrected chi connectivity index (χ2v) is 5.58. The monoisotopic (exact) mass is 289 g/mol. The van der Waals surface area contributed by atoms with Gasteiger partial charge in [-0.1, -0.05) is 41.9 Å². The van der Waals surface area contributed by atoms with Crippen molar-refractivity contribution < 1.29 is 4.74 Å². The summed E-state index contributed by atoms with van der Waals surface area (Å²) >= 11 is 5.90. The molecule has 0 aromatic heterocycles. The van der Waals surface area contributed by atoms with E-state index in [0.717, 1.165) is 22.8 Å². The van der Waals surface area contributed by atoms with Gasteiger partial charge in [-0.15, -0.1) is 0 Å². The Morgan fingerprint density at radius 1 is 1.05 bits per heavy atom. The number of halogens is 1. The number of benzene rings is 2. The normalized spacial score (nSPS) is 12.4. The summed E-state index contributed by atoms with van der Waals surface area (Å²) in [7, 11) is 0. The molecule has 0 saturated heterocycles. The van der Waals surface area contributed by atoms with Crippen LogP contribution in [0.25, 0.3) is 0 Å². The zero-order valence-corrected chi connectivity index (χ0v) is 12.6. The third-order valence-electron chi connectivity index (χ3n) is 3.05. The molecule has 0 aliphatic heterocycles. The molecule has 2 nitrogen and oxygen atoms in total. The molecule has 0 fully saturated rings. The van der Waals surface area contributed by atoms with Crippen LogP contribution in [0.1, 0.15) is 31.0 Å². The van der Waals surface area contributed by atoms with Crippen LogP contribution >= 0.6 is 11.6 Å². The first-order valence-electron chi connectivity index (χ1n) is 6.82. The van der Waals surface area contributed by atoms with Crippen LogP contribution < -0.4 is 10.5 Å². The van der Waals surface area contributed by atoms with Crippen LogP contribution in [0.3, 0.4) is 0 Å². The van der Waals surface area contributed by atoms with Gasteiger partial charge in [-0.2, -0.15) is 0 Å². The fourth-order valence-corrected chi connectivity index (χ4v) is 2.26. The molecule has 0 saturated carbocycles. The summed E-state index contributed by atoms with van der Waals surface area (Å²) in [6.07, 6.45) is 0.897. The maximum atomic E-state index is 6.33. The molecule has 0 spiro atoms. The van der Waals surface area contributed by atoms with Gasteiger partial charge in [0.2, 0.25) is 0 Å². The van der Waals surface area contributed by atoms with E-state index in [1.807, 2.05) is 62.4 Å². The van der Waals surface area contributed by atoms with Gasteiger partial charge in [0, 0.05) is 16.6 Å². The molecule has 2 N–H and O–H groups in total. The van der Waals surface area contributed by atoms with Crippen LogP contribution in [0.4, 0.5) is 0 Å². The van der Waals surface area contributed by atoms with E-state index < -0.39 is 0 Å². The maximum Gasteiger partial charge on any atom is 0.124 e. The van der Waals surface area contributed by atoms with Gasteiger partial charge in [0.1, 0.15) is 5.75 Å². The highest BCUT2D eigenvalue weighted by Crippen LogP contribution is 2.27. The molecule has 0 bridgehead atoms. The summed E-state index contributed by atoms with van der Waals surface area (Å²) in [5.74, 6) is 0.865. The highest BCUT2D eigenvalue weighted by Gasteiger charge is 2.13. The van der Waals surface area contributed by atoms with Gasteiger partial charge in [0.05, 0.1) is 6.10 Å². The van der Waals surface area contributed by atoms with E-state index in [4.69, 9.17) is 22.1 Å².